The topological polar surface area (TPSA) is 109 Å². The second kappa shape index (κ2) is 7.63. The summed E-state index contributed by atoms with van der Waals surface area (Å²) in [7, 11) is 0. The number of benzene rings is 1. The molecule has 150 valence electrons. The van der Waals surface area contributed by atoms with E-state index in [1.54, 1.807) is 24.3 Å². The number of carbonyl (C=O) groups excluding carboxylic acids is 2. The zero-order chi connectivity index (χ0) is 20.5. The molecule has 0 saturated heterocycles. The number of ether oxygens (including phenoxy) is 1. The number of hydrogen-bond donors (Lipinski definition) is 3. The maximum atomic E-state index is 14.1. The summed E-state index contributed by atoms with van der Waals surface area (Å²) in [6, 6.07) is 5.91. The van der Waals surface area contributed by atoms with E-state index in [0.29, 0.717) is 17.8 Å². The average molecular weight is 415 g/mol. The van der Waals surface area contributed by atoms with E-state index in [1.807, 2.05) is 19.1 Å². The van der Waals surface area contributed by atoms with Gasteiger partial charge in [-0.25, -0.2) is 9.37 Å². The lowest BCUT2D eigenvalue weighted by Crippen LogP contribution is -2.46. The van der Waals surface area contributed by atoms with Gasteiger partial charge in [-0.05, 0) is 43.7 Å². The molecule has 8 nitrogen and oxygen atoms in total. The van der Waals surface area contributed by atoms with Crippen molar-refractivity contribution < 1.29 is 18.7 Å². The molecule has 2 amide bonds. The largest absolute Gasteiger partial charge is 0.489 e. The fourth-order valence-electron chi connectivity index (χ4n) is 2.96. The number of halogens is 1. The van der Waals surface area contributed by atoms with Crippen LogP contribution in [0.15, 0.2) is 24.3 Å². The predicted octanol–water partition coefficient (Wildman–Crippen LogP) is 2.34. The van der Waals surface area contributed by atoms with Gasteiger partial charge >= 0.3 is 0 Å². The first-order chi connectivity index (χ1) is 13.9. The summed E-state index contributed by atoms with van der Waals surface area (Å²) in [5, 5.41) is 11.7. The summed E-state index contributed by atoms with van der Waals surface area (Å²) in [5.41, 5.74) is 0.621. The minimum absolute atomic E-state index is 0.0382. The second-order valence-corrected chi connectivity index (χ2v) is 8.11. The van der Waals surface area contributed by atoms with Crippen LogP contribution in [0, 0.1) is 19.7 Å². The van der Waals surface area contributed by atoms with Crippen molar-refractivity contribution in [3.05, 3.63) is 57.0 Å². The van der Waals surface area contributed by atoms with Crippen molar-refractivity contribution >= 4 is 28.8 Å². The smallest absolute Gasteiger partial charge is 0.291 e. The summed E-state index contributed by atoms with van der Waals surface area (Å²) in [6.07, 6.45) is 0.528. The lowest BCUT2D eigenvalue weighted by atomic mass is 10.2. The van der Waals surface area contributed by atoms with Crippen molar-refractivity contribution in [3.8, 4) is 5.75 Å². The van der Waals surface area contributed by atoms with Gasteiger partial charge in [-0.15, -0.1) is 16.4 Å². The van der Waals surface area contributed by atoms with Crippen LogP contribution in [0.4, 0.5) is 10.1 Å². The number of nitrogens with zero attached hydrogens (tertiary/aromatic N) is 2. The molecule has 0 saturated carbocycles. The molecule has 3 N–H and O–H groups in total. The quantitative estimate of drug-likeness (QED) is 0.606. The van der Waals surface area contributed by atoms with Crippen molar-refractivity contribution in [1.82, 2.24) is 20.5 Å². The highest BCUT2D eigenvalue weighted by molar-refractivity contribution is 7.11. The van der Waals surface area contributed by atoms with E-state index in [4.69, 9.17) is 4.74 Å². The molecule has 1 aromatic carbocycles. The fraction of sp³-hybridized carbons (Fsp3) is 0.263. The fourth-order valence-corrected chi connectivity index (χ4v) is 3.85. The van der Waals surface area contributed by atoms with Gasteiger partial charge in [-0.3, -0.25) is 14.7 Å². The highest BCUT2D eigenvalue weighted by atomic mass is 32.1. The molecule has 10 heteroatoms. The van der Waals surface area contributed by atoms with Gasteiger partial charge in [0.1, 0.15) is 29.9 Å². The molecule has 2 aromatic heterocycles. The SMILES string of the molecule is Cc1cc(F)c2c(c1)OC[C@H](NC(=O)c1n[nH]c(Cc3ccc(C)s3)n1)C(=O)N2. The summed E-state index contributed by atoms with van der Waals surface area (Å²) in [6.45, 7) is 3.59. The van der Waals surface area contributed by atoms with Gasteiger partial charge in [-0.1, -0.05) is 0 Å². The Hall–Kier alpha value is -3.27. The first-order valence-electron chi connectivity index (χ1n) is 8.90. The van der Waals surface area contributed by atoms with Crippen LogP contribution in [-0.2, 0) is 11.2 Å². The summed E-state index contributed by atoms with van der Waals surface area (Å²) < 4.78 is 19.6. The number of aromatic nitrogens is 3. The second-order valence-electron chi connectivity index (χ2n) is 6.74. The molecule has 4 rings (SSSR count). The number of anilines is 1. The molecule has 29 heavy (non-hydrogen) atoms. The van der Waals surface area contributed by atoms with E-state index >= 15 is 0 Å². The number of thiophene rings is 1. The number of aromatic amines is 1. The number of H-pyrrole nitrogens is 1. The van der Waals surface area contributed by atoms with Gasteiger partial charge < -0.3 is 15.4 Å². The molecule has 0 fully saturated rings. The molecule has 0 unspecified atom stereocenters. The van der Waals surface area contributed by atoms with Gasteiger partial charge in [0.25, 0.3) is 11.8 Å². The third kappa shape index (κ3) is 4.11. The van der Waals surface area contributed by atoms with Gasteiger partial charge in [-0.2, -0.15) is 0 Å². The van der Waals surface area contributed by atoms with Crippen LogP contribution in [0.2, 0.25) is 0 Å². The van der Waals surface area contributed by atoms with Gasteiger partial charge in [0.15, 0.2) is 5.82 Å². The minimum atomic E-state index is -1.02. The third-order valence-corrected chi connectivity index (χ3v) is 5.35. The normalized spacial score (nSPS) is 15.8. The lowest BCUT2D eigenvalue weighted by Gasteiger charge is -2.13. The van der Waals surface area contributed by atoms with Crippen molar-refractivity contribution in [1.29, 1.82) is 0 Å². The molecule has 0 radical (unpaired) electrons. The van der Waals surface area contributed by atoms with Crippen LogP contribution < -0.4 is 15.4 Å². The van der Waals surface area contributed by atoms with Crippen LogP contribution in [-0.4, -0.2) is 39.6 Å². The first-order valence-corrected chi connectivity index (χ1v) is 9.72. The molecule has 3 heterocycles. The zero-order valence-electron chi connectivity index (χ0n) is 15.7. The van der Waals surface area contributed by atoms with Crippen LogP contribution in [0.3, 0.4) is 0 Å². The van der Waals surface area contributed by atoms with Gasteiger partial charge in [0.05, 0.1) is 0 Å². The Kier molecular flexibility index (Phi) is 5.01. The van der Waals surface area contributed by atoms with Crippen LogP contribution >= 0.6 is 11.3 Å². The number of rotatable bonds is 4. The number of amides is 2. The van der Waals surface area contributed by atoms with E-state index in [0.717, 1.165) is 4.88 Å². The van der Waals surface area contributed by atoms with Crippen LogP contribution in [0.1, 0.15) is 31.8 Å². The Morgan fingerprint density at radius 2 is 2.21 bits per heavy atom. The molecule has 3 aromatic rings. The Balaban J connectivity index is 1.43. The lowest BCUT2D eigenvalue weighted by molar-refractivity contribution is -0.118. The number of fused-ring (bicyclic) bond motifs is 1. The molecular weight excluding hydrogens is 397 g/mol. The highest BCUT2D eigenvalue weighted by Crippen LogP contribution is 2.31. The monoisotopic (exact) mass is 415 g/mol. The van der Waals surface area contributed by atoms with E-state index in [2.05, 4.69) is 25.8 Å². The predicted molar refractivity (Wildman–Crippen MR) is 105 cm³/mol. The summed E-state index contributed by atoms with van der Waals surface area (Å²) in [5.74, 6) is -1.11. The Labute approximate surface area is 169 Å². The summed E-state index contributed by atoms with van der Waals surface area (Å²) >= 11 is 1.64. The molecule has 1 aliphatic rings. The van der Waals surface area contributed by atoms with Crippen molar-refractivity contribution in [2.24, 2.45) is 0 Å². The minimum Gasteiger partial charge on any atom is -0.489 e. The Morgan fingerprint density at radius 1 is 1.38 bits per heavy atom. The van der Waals surface area contributed by atoms with E-state index in [-0.39, 0.29) is 23.9 Å². The maximum absolute atomic E-state index is 14.1. The van der Waals surface area contributed by atoms with Crippen LogP contribution in [0.5, 0.6) is 5.75 Å². The molecular formula is C19H18FN5O3S. The number of carbonyl (C=O) groups is 2. The van der Waals surface area contributed by atoms with E-state index in [9.17, 15) is 14.0 Å². The molecule has 1 atom stereocenters. The number of nitrogens with one attached hydrogen (secondary N) is 3. The molecule has 1 aliphatic heterocycles. The average Bonchev–Trinajstić information content (AvgIpc) is 3.26. The maximum Gasteiger partial charge on any atom is 0.291 e. The Morgan fingerprint density at radius 3 is 2.97 bits per heavy atom. The highest BCUT2D eigenvalue weighted by Gasteiger charge is 2.29. The Bertz CT molecular complexity index is 1090. The molecule has 0 aliphatic carbocycles. The molecule has 0 bridgehead atoms. The number of aryl methyl sites for hydroxylation is 2. The standard InChI is InChI=1S/C19H18FN5O3S/c1-9-5-12(20)16-14(6-9)28-8-13(18(26)23-16)21-19(27)17-22-15(24-25-17)7-11-4-3-10(2)29-11/h3-6,13H,7-8H2,1-2H3,(H,21,27)(H,23,26)(H,22,24,25)/t13-/m0/s1. The van der Waals surface area contributed by atoms with Crippen LogP contribution in [0.25, 0.3) is 0 Å². The van der Waals surface area contributed by atoms with Crippen molar-refractivity contribution in [3.63, 3.8) is 0 Å². The van der Waals surface area contributed by atoms with Crippen molar-refractivity contribution in [2.45, 2.75) is 26.3 Å². The first kappa shape index (κ1) is 19.1. The van der Waals surface area contributed by atoms with E-state index < -0.39 is 23.7 Å². The third-order valence-electron chi connectivity index (χ3n) is 4.35. The zero-order valence-corrected chi connectivity index (χ0v) is 16.5. The van der Waals surface area contributed by atoms with E-state index in [1.165, 1.54) is 10.9 Å². The summed E-state index contributed by atoms with van der Waals surface area (Å²) in [4.78, 5) is 31.4. The number of hydrogen-bond acceptors (Lipinski definition) is 6. The van der Waals surface area contributed by atoms with Crippen molar-refractivity contribution in [2.75, 3.05) is 11.9 Å². The van der Waals surface area contributed by atoms with Gasteiger partial charge in [0.2, 0.25) is 5.82 Å². The molecule has 0 spiro atoms. The van der Waals surface area contributed by atoms with Gasteiger partial charge in [0, 0.05) is 16.2 Å².